The highest BCUT2D eigenvalue weighted by Gasteiger charge is 2.20. The van der Waals surface area contributed by atoms with Crippen molar-refractivity contribution in [3.63, 3.8) is 0 Å². The second-order valence-corrected chi connectivity index (χ2v) is 9.58. The van der Waals surface area contributed by atoms with E-state index < -0.39 is 10.0 Å². The summed E-state index contributed by atoms with van der Waals surface area (Å²) in [5.74, 6) is 1.63. The molecule has 2 heterocycles. The van der Waals surface area contributed by atoms with Crippen molar-refractivity contribution in [2.45, 2.75) is 24.7 Å². The highest BCUT2D eigenvalue weighted by atomic mass is 35.5. The lowest BCUT2D eigenvalue weighted by Gasteiger charge is -2.17. The van der Waals surface area contributed by atoms with Crippen LogP contribution in [-0.2, 0) is 10.0 Å². The molecule has 0 amide bonds. The molecular formula is C22H24ClN5O3S. The Morgan fingerprint density at radius 3 is 2.38 bits per heavy atom. The molecule has 10 heteroatoms. The maximum Gasteiger partial charge on any atom is 0.265 e. The van der Waals surface area contributed by atoms with Gasteiger partial charge in [-0.1, -0.05) is 11.6 Å². The Labute approximate surface area is 192 Å². The first-order valence-electron chi connectivity index (χ1n) is 10.2. The van der Waals surface area contributed by atoms with Crippen LogP contribution < -0.4 is 19.7 Å². The summed E-state index contributed by atoms with van der Waals surface area (Å²) in [6.07, 6.45) is 2.34. The summed E-state index contributed by atoms with van der Waals surface area (Å²) in [5, 5.41) is 3.50. The van der Waals surface area contributed by atoms with Crippen LogP contribution >= 0.6 is 11.6 Å². The predicted octanol–water partition coefficient (Wildman–Crippen LogP) is 4.59. The number of benzene rings is 2. The van der Waals surface area contributed by atoms with Gasteiger partial charge in [-0.3, -0.25) is 4.72 Å². The van der Waals surface area contributed by atoms with Gasteiger partial charge in [0.25, 0.3) is 10.0 Å². The number of nitrogens with zero attached hydrogens (tertiary/aromatic N) is 3. The number of rotatable bonds is 7. The van der Waals surface area contributed by atoms with E-state index in [1.165, 1.54) is 32.1 Å². The average Bonchev–Trinajstić information content (AvgIpc) is 3.30. The number of halogens is 1. The van der Waals surface area contributed by atoms with Crippen LogP contribution in [0.2, 0.25) is 5.02 Å². The standard InChI is InChI=1S/C22H24ClN5O3S/c1-15-13-21(28-11-3-4-12-28)26-22(24-15)25-17-6-8-18(9-7-17)27-32(29,30)20-14-16(23)5-10-19(20)31-2/h5-10,13-14,27H,3-4,11-12H2,1-2H3,(H,24,25,26). The van der Waals surface area contributed by atoms with Crippen molar-refractivity contribution in [1.82, 2.24) is 9.97 Å². The van der Waals surface area contributed by atoms with Crippen LogP contribution in [0.4, 0.5) is 23.1 Å². The lowest BCUT2D eigenvalue weighted by molar-refractivity contribution is 0.403. The molecular weight excluding hydrogens is 450 g/mol. The molecule has 3 aromatic rings. The van der Waals surface area contributed by atoms with Crippen LogP contribution in [0.5, 0.6) is 5.75 Å². The first kappa shape index (κ1) is 22.2. The predicted molar refractivity (Wildman–Crippen MR) is 127 cm³/mol. The maximum atomic E-state index is 12.8. The van der Waals surface area contributed by atoms with Gasteiger partial charge in [0, 0.05) is 41.2 Å². The van der Waals surface area contributed by atoms with Crippen molar-refractivity contribution in [3.8, 4) is 5.75 Å². The van der Waals surface area contributed by atoms with Crippen molar-refractivity contribution in [1.29, 1.82) is 0 Å². The molecule has 0 aliphatic carbocycles. The molecule has 1 saturated heterocycles. The molecule has 0 unspecified atom stereocenters. The number of methoxy groups -OCH3 is 1. The van der Waals surface area contributed by atoms with Crippen LogP contribution in [0.1, 0.15) is 18.5 Å². The number of sulfonamides is 1. The van der Waals surface area contributed by atoms with E-state index in [1.54, 1.807) is 30.3 Å². The Morgan fingerprint density at radius 2 is 1.69 bits per heavy atom. The summed E-state index contributed by atoms with van der Waals surface area (Å²) in [5.41, 5.74) is 2.02. The summed E-state index contributed by atoms with van der Waals surface area (Å²) < 4.78 is 33.4. The number of aromatic nitrogens is 2. The quantitative estimate of drug-likeness (QED) is 0.518. The lowest BCUT2D eigenvalue weighted by atomic mass is 10.3. The SMILES string of the molecule is COc1ccc(Cl)cc1S(=O)(=O)Nc1ccc(Nc2nc(C)cc(N3CCCC3)n2)cc1. The van der Waals surface area contributed by atoms with Gasteiger partial charge in [0.15, 0.2) is 0 Å². The molecule has 1 aliphatic heterocycles. The van der Waals surface area contributed by atoms with E-state index in [0.717, 1.165) is 30.3 Å². The number of aryl methyl sites for hydroxylation is 1. The summed E-state index contributed by atoms with van der Waals surface area (Å²) in [4.78, 5) is 11.3. The fraction of sp³-hybridized carbons (Fsp3) is 0.273. The summed E-state index contributed by atoms with van der Waals surface area (Å²) in [7, 11) is -2.47. The first-order chi connectivity index (χ1) is 15.3. The molecule has 0 spiro atoms. The molecule has 4 rings (SSSR count). The molecule has 0 bridgehead atoms. The molecule has 168 valence electrons. The largest absolute Gasteiger partial charge is 0.495 e. The molecule has 0 radical (unpaired) electrons. The monoisotopic (exact) mass is 473 g/mol. The molecule has 0 saturated carbocycles. The topological polar surface area (TPSA) is 96.5 Å². The van der Waals surface area contributed by atoms with Crippen LogP contribution in [0.25, 0.3) is 0 Å². The van der Waals surface area contributed by atoms with Gasteiger partial charge in [-0.25, -0.2) is 13.4 Å². The van der Waals surface area contributed by atoms with Gasteiger partial charge < -0.3 is 15.0 Å². The number of hydrogen-bond donors (Lipinski definition) is 2. The summed E-state index contributed by atoms with van der Waals surface area (Å²) in [6.45, 7) is 3.94. The highest BCUT2D eigenvalue weighted by Crippen LogP contribution is 2.29. The maximum absolute atomic E-state index is 12.8. The molecule has 2 N–H and O–H groups in total. The summed E-state index contributed by atoms with van der Waals surface area (Å²) >= 11 is 5.97. The van der Waals surface area contributed by atoms with Crippen molar-refractivity contribution in [3.05, 3.63) is 59.2 Å². The van der Waals surface area contributed by atoms with Crippen molar-refractivity contribution < 1.29 is 13.2 Å². The van der Waals surface area contributed by atoms with Crippen molar-refractivity contribution >= 4 is 44.8 Å². The van der Waals surface area contributed by atoms with E-state index in [2.05, 4.69) is 24.9 Å². The number of nitrogens with one attached hydrogen (secondary N) is 2. The van der Waals surface area contributed by atoms with E-state index in [9.17, 15) is 8.42 Å². The van der Waals surface area contributed by atoms with Gasteiger partial charge in [-0.2, -0.15) is 4.98 Å². The van der Waals surface area contributed by atoms with Gasteiger partial charge in [0.05, 0.1) is 7.11 Å². The number of anilines is 4. The van der Waals surface area contributed by atoms with E-state index in [4.69, 9.17) is 16.3 Å². The Hall–Kier alpha value is -3.04. The zero-order valence-electron chi connectivity index (χ0n) is 17.8. The van der Waals surface area contributed by atoms with Gasteiger partial charge in [-0.05, 0) is 62.2 Å². The average molecular weight is 474 g/mol. The van der Waals surface area contributed by atoms with E-state index in [1.807, 2.05) is 13.0 Å². The van der Waals surface area contributed by atoms with Gasteiger partial charge in [-0.15, -0.1) is 0 Å². The minimum absolute atomic E-state index is 0.0303. The molecule has 0 atom stereocenters. The highest BCUT2D eigenvalue weighted by molar-refractivity contribution is 7.92. The minimum Gasteiger partial charge on any atom is -0.495 e. The van der Waals surface area contributed by atoms with Gasteiger partial charge >= 0.3 is 0 Å². The third-order valence-corrected chi connectivity index (χ3v) is 6.72. The van der Waals surface area contributed by atoms with E-state index in [0.29, 0.717) is 16.7 Å². The fourth-order valence-electron chi connectivity index (χ4n) is 3.54. The normalized spacial score (nSPS) is 13.8. The Bertz CT molecular complexity index is 1210. The second kappa shape index (κ2) is 9.22. The smallest absolute Gasteiger partial charge is 0.265 e. The lowest BCUT2D eigenvalue weighted by Crippen LogP contribution is -2.19. The van der Waals surface area contributed by atoms with Crippen LogP contribution in [0.3, 0.4) is 0 Å². The van der Waals surface area contributed by atoms with E-state index >= 15 is 0 Å². The van der Waals surface area contributed by atoms with Gasteiger partial charge in [0.1, 0.15) is 16.5 Å². The fourth-order valence-corrected chi connectivity index (χ4v) is 5.03. The van der Waals surface area contributed by atoms with Gasteiger partial charge in [0.2, 0.25) is 5.95 Å². The molecule has 1 aromatic heterocycles. The van der Waals surface area contributed by atoms with Crippen molar-refractivity contribution in [2.24, 2.45) is 0 Å². The molecule has 1 aliphatic rings. The Balaban J connectivity index is 1.50. The Morgan fingerprint density at radius 1 is 1.00 bits per heavy atom. The third-order valence-electron chi connectivity index (χ3n) is 5.08. The van der Waals surface area contributed by atoms with E-state index in [-0.39, 0.29) is 10.6 Å². The zero-order valence-corrected chi connectivity index (χ0v) is 19.4. The second-order valence-electron chi connectivity index (χ2n) is 7.49. The molecule has 1 fully saturated rings. The van der Waals surface area contributed by atoms with Crippen molar-refractivity contribution in [2.75, 3.05) is 35.1 Å². The van der Waals surface area contributed by atoms with Crippen LogP contribution in [-0.4, -0.2) is 38.6 Å². The number of ether oxygens (including phenoxy) is 1. The summed E-state index contributed by atoms with van der Waals surface area (Å²) in [6, 6.07) is 13.3. The van der Waals surface area contributed by atoms with Crippen LogP contribution in [0, 0.1) is 6.92 Å². The molecule has 2 aromatic carbocycles. The zero-order chi connectivity index (χ0) is 22.7. The Kier molecular flexibility index (Phi) is 6.38. The minimum atomic E-state index is -3.88. The number of hydrogen-bond acceptors (Lipinski definition) is 7. The third kappa shape index (κ3) is 5.05. The molecule has 32 heavy (non-hydrogen) atoms. The van der Waals surface area contributed by atoms with Crippen LogP contribution in [0.15, 0.2) is 53.4 Å². The molecule has 8 nitrogen and oxygen atoms in total. The first-order valence-corrected chi connectivity index (χ1v) is 12.0.